The lowest BCUT2D eigenvalue weighted by atomic mass is 9.86. The lowest BCUT2D eigenvalue weighted by Crippen LogP contribution is -2.14. The van der Waals surface area contributed by atoms with Gasteiger partial charge in [0.05, 0.1) is 5.75 Å². The van der Waals surface area contributed by atoms with E-state index in [9.17, 15) is 4.21 Å². The van der Waals surface area contributed by atoms with Crippen molar-refractivity contribution in [1.82, 2.24) is 0 Å². The molecule has 0 bridgehead atoms. The maximum atomic E-state index is 12.1. The van der Waals surface area contributed by atoms with E-state index in [1.54, 1.807) is 0 Å². The van der Waals surface area contributed by atoms with E-state index >= 15 is 0 Å². The fourth-order valence-electron chi connectivity index (χ4n) is 7.17. The first-order chi connectivity index (χ1) is 23.9. The Labute approximate surface area is 297 Å². The second-order valence-electron chi connectivity index (χ2n) is 14.0. The molecule has 5 aromatic rings. The highest BCUT2D eigenvalue weighted by molar-refractivity contribution is 7.80. The Hall–Kier alpha value is -3.95. The molecule has 1 aliphatic heterocycles. The predicted octanol–water partition coefficient (Wildman–Crippen LogP) is 12.8. The van der Waals surface area contributed by atoms with Crippen LogP contribution in [0, 0.1) is 13.8 Å². The Morgan fingerprint density at radius 2 is 1.06 bits per heavy atom. The van der Waals surface area contributed by atoms with Crippen LogP contribution in [0.2, 0.25) is 0 Å². The SMILES string of the molecule is CCCCCCc1cc(-c2ccc(-c3cc(C)cc(-c4ccc5c(c4)OS(=O)CC5)c3)cc2)c(CCCCCC)cc1-c1ccc(C)cc1. The van der Waals surface area contributed by atoms with Gasteiger partial charge in [0.1, 0.15) is 5.75 Å². The quantitative estimate of drug-likeness (QED) is 0.110. The minimum Gasteiger partial charge on any atom is -0.400 e. The van der Waals surface area contributed by atoms with E-state index in [1.165, 1.54) is 107 Å². The predicted molar refractivity (Wildman–Crippen MR) is 211 cm³/mol. The minimum absolute atomic E-state index is 0.564. The van der Waals surface area contributed by atoms with Crippen molar-refractivity contribution >= 4 is 11.1 Å². The third kappa shape index (κ3) is 8.81. The van der Waals surface area contributed by atoms with Crippen LogP contribution in [0.25, 0.3) is 44.5 Å². The lowest BCUT2D eigenvalue weighted by molar-refractivity contribution is 0.545. The molecule has 0 N–H and O–H groups in total. The van der Waals surface area contributed by atoms with E-state index in [1.807, 2.05) is 0 Å². The zero-order valence-electron chi connectivity index (χ0n) is 29.9. The third-order valence-corrected chi connectivity index (χ3v) is 10.9. The van der Waals surface area contributed by atoms with Gasteiger partial charge >= 0.3 is 0 Å². The van der Waals surface area contributed by atoms with Crippen molar-refractivity contribution < 1.29 is 8.39 Å². The topological polar surface area (TPSA) is 26.3 Å². The number of unbranched alkanes of at least 4 members (excludes halogenated alkanes) is 6. The van der Waals surface area contributed by atoms with E-state index in [0.717, 1.165) is 41.7 Å². The van der Waals surface area contributed by atoms with E-state index in [0.29, 0.717) is 5.75 Å². The largest absolute Gasteiger partial charge is 0.400 e. The van der Waals surface area contributed by atoms with Crippen molar-refractivity contribution in [3.05, 3.63) is 125 Å². The van der Waals surface area contributed by atoms with Gasteiger partial charge in [0.2, 0.25) is 11.1 Å². The zero-order chi connectivity index (χ0) is 34.2. The number of aryl methyl sites for hydroxylation is 5. The fraction of sp³-hybridized carbons (Fsp3) is 0.348. The van der Waals surface area contributed by atoms with Crippen molar-refractivity contribution in [3.63, 3.8) is 0 Å². The van der Waals surface area contributed by atoms with Crippen LogP contribution < -0.4 is 4.18 Å². The lowest BCUT2D eigenvalue weighted by Gasteiger charge is -2.19. The first-order valence-electron chi connectivity index (χ1n) is 18.6. The zero-order valence-corrected chi connectivity index (χ0v) is 30.8. The molecular weight excluding hydrogens is 617 g/mol. The Balaban J connectivity index is 1.35. The molecule has 5 aromatic carbocycles. The standard InChI is InChI=1S/C46H52O2S/c1-5-7-9-11-13-40-31-45(41(14-12-10-8-6-2)30-44(40)36-17-15-33(3)16-18-36)37-21-19-35(20-22-37)42-27-34(4)28-43(29-42)39-24-23-38-25-26-49(47)48-46(38)32-39/h15-24,27-32H,5-14,25-26H2,1-4H3. The summed E-state index contributed by atoms with van der Waals surface area (Å²) >= 11 is -1.24. The fourth-order valence-corrected chi connectivity index (χ4v) is 8.00. The molecule has 0 fully saturated rings. The summed E-state index contributed by atoms with van der Waals surface area (Å²) < 4.78 is 17.8. The number of hydrogen-bond acceptors (Lipinski definition) is 2. The summed E-state index contributed by atoms with van der Waals surface area (Å²) in [5, 5.41) is 0. The molecule has 254 valence electrons. The number of fused-ring (bicyclic) bond motifs is 1. The van der Waals surface area contributed by atoms with Crippen LogP contribution in [0.4, 0.5) is 0 Å². The van der Waals surface area contributed by atoms with Gasteiger partial charge in [-0.2, -0.15) is 0 Å². The summed E-state index contributed by atoms with van der Waals surface area (Å²) in [6.07, 6.45) is 13.1. The molecule has 2 nitrogen and oxygen atoms in total. The van der Waals surface area contributed by atoms with Crippen molar-refractivity contribution in [2.24, 2.45) is 0 Å². The second kappa shape index (κ2) is 16.6. The first kappa shape index (κ1) is 34.9. The highest BCUT2D eigenvalue weighted by Crippen LogP contribution is 2.37. The normalized spacial score (nSPS) is 14.0. The smallest absolute Gasteiger partial charge is 0.206 e. The molecular formula is C46H52O2S. The molecule has 1 unspecified atom stereocenters. The summed E-state index contributed by atoms with van der Waals surface area (Å²) in [5.74, 6) is 1.31. The van der Waals surface area contributed by atoms with E-state index in [2.05, 4.69) is 125 Å². The Bertz CT molecular complexity index is 1880. The van der Waals surface area contributed by atoms with Crippen LogP contribution in [0.15, 0.2) is 97.1 Å². The molecule has 0 amide bonds. The molecule has 0 spiro atoms. The third-order valence-electron chi connectivity index (χ3n) is 10.0. The van der Waals surface area contributed by atoms with Crippen LogP contribution in [0.5, 0.6) is 5.75 Å². The molecule has 3 heteroatoms. The first-order valence-corrected chi connectivity index (χ1v) is 19.8. The molecule has 0 saturated heterocycles. The summed E-state index contributed by atoms with van der Waals surface area (Å²) in [5.41, 5.74) is 16.7. The molecule has 0 saturated carbocycles. The van der Waals surface area contributed by atoms with Gasteiger partial charge in [0.25, 0.3) is 0 Å². The van der Waals surface area contributed by atoms with Crippen molar-refractivity contribution in [3.8, 4) is 50.3 Å². The highest BCUT2D eigenvalue weighted by atomic mass is 32.2. The number of benzene rings is 5. The van der Waals surface area contributed by atoms with Crippen molar-refractivity contribution in [2.45, 2.75) is 98.3 Å². The van der Waals surface area contributed by atoms with Gasteiger partial charge < -0.3 is 4.18 Å². The van der Waals surface area contributed by atoms with Crippen LogP contribution in [-0.2, 0) is 30.3 Å². The summed E-state index contributed by atoms with van der Waals surface area (Å²) in [6, 6.07) is 36.5. The Morgan fingerprint density at radius 1 is 0.531 bits per heavy atom. The van der Waals surface area contributed by atoms with Gasteiger partial charge in [0, 0.05) is 0 Å². The average molecular weight is 669 g/mol. The number of hydrogen-bond donors (Lipinski definition) is 0. The van der Waals surface area contributed by atoms with Gasteiger partial charge in [-0.15, -0.1) is 0 Å². The maximum absolute atomic E-state index is 12.1. The average Bonchev–Trinajstić information content (AvgIpc) is 3.12. The van der Waals surface area contributed by atoms with Crippen LogP contribution in [-0.4, -0.2) is 9.96 Å². The van der Waals surface area contributed by atoms with E-state index in [-0.39, 0.29) is 0 Å². The van der Waals surface area contributed by atoms with Crippen LogP contribution >= 0.6 is 0 Å². The van der Waals surface area contributed by atoms with Crippen LogP contribution in [0.3, 0.4) is 0 Å². The number of rotatable bonds is 14. The molecule has 49 heavy (non-hydrogen) atoms. The molecule has 1 heterocycles. The van der Waals surface area contributed by atoms with Gasteiger partial charge in [-0.05, 0) is 125 Å². The summed E-state index contributed by atoms with van der Waals surface area (Å²) in [7, 11) is 0. The molecule has 0 aliphatic carbocycles. The Morgan fingerprint density at radius 3 is 1.65 bits per heavy atom. The van der Waals surface area contributed by atoms with E-state index in [4.69, 9.17) is 4.18 Å². The van der Waals surface area contributed by atoms with Gasteiger partial charge in [-0.25, -0.2) is 4.21 Å². The van der Waals surface area contributed by atoms with Crippen molar-refractivity contribution in [1.29, 1.82) is 0 Å². The molecule has 6 rings (SSSR count). The van der Waals surface area contributed by atoms with Crippen molar-refractivity contribution in [2.75, 3.05) is 5.75 Å². The maximum Gasteiger partial charge on any atom is 0.206 e. The van der Waals surface area contributed by atoms with Crippen LogP contribution in [0.1, 0.15) is 93.0 Å². The monoisotopic (exact) mass is 668 g/mol. The molecule has 0 radical (unpaired) electrons. The van der Waals surface area contributed by atoms with Gasteiger partial charge in [0.15, 0.2) is 0 Å². The van der Waals surface area contributed by atoms with Gasteiger partial charge in [-0.1, -0.05) is 143 Å². The second-order valence-corrected chi connectivity index (χ2v) is 15.2. The summed E-state index contributed by atoms with van der Waals surface area (Å²) in [6.45, 7) is 8.91. The Kier molecular flexibility index (Phi) is 11.8. The summed E-state index contributed by atoms with van der Waals surface area (Å²) in [4.78, 5) is 0. The molecule has 0 aromatic heterocycles. The molecule has 1 aliphatic rings. The molecule has 1 atom stereocenters. The minimum atomic E-state index is -1.24. The van der Waals surface area contributed by atoms with E-state index < -0.39 is 11.1 Å². The van der Waals surface area contributed by atoms with Gasteiger partial charge in [-0.3, -0.25) is 0 Å². The highest BCUT2D eigenvalue weighted by Gasteiger charge is 2.18.